The molecule has 1 aromatic carbocycles. The van der Waals surface area contributed by atoms with Gasteiger partial charge >= 0.3 is 0 Å². The van der Waals surface area contributed by atoms with Crippen molar-refractivity contribution in [3.8, 4) is 5.75 Å². The lowest BCUT2D eigenvalue weighted by atomic mass is 10.00. The number of benzene rings is 1. The van der Waals surface area contributed by atoms with E-state index < -0.39 is 0 Å². The van der Waals surface area contributed by atoms with Crippen molar-refractivity contribution in [2.24, 2.45) is 0 Å². The van der Waals surface area contributed by atoms with Gasteiger partial charge in [0.25, 0.3) is 5.91 Å². The first-order valence-corrected chi connectivity index (χ1v) is 9.81. The Kier molecular flexibility index (Phi) is 6.28. The summed E-state index contributed by atoms with van der Waals surface area (Å²) in [4.78, 5) is 26.4. The third-order valence-electron chi connectivity index (χ3n) is 4.56. The third-order valence-corrected chi connectivity index (χ3v) is 5.80. The Balaban J connectivity index is 1.53. The van der Waals surface area contributed by atoms with Gasteiger partial charge in [0, 0.05) is 4.88 Å². The van der Waals surface area contributed by atoms with Gasteiger partial charge in [-0.25, -0.2) is 0 Å². The molecule has 0 fully saturated rings. The van der Waals surface area contributed by atoms with Crippen molar-refractivity contribution in [2.45, 2.75) is 44.9 Å². The molecule has 0 atom stereocenters. The van der Waals surface area contributed by atoms with Gasteiger partial charge in [0.1, 0.15) is 5.75 Å². The summed E-state index contributed by atoms with van der Waals surface area (Å²) >= 11 is 1.55. The Morgan fingerprint density at radius 2 is 1.77 bits per heavy atom. The van der Waals surface area contributed by atoms with Gasteiger partial charge in [-0.3, -0.25) is 20.4 Å². The molecule has 2 N–H and O–H groups in total. The molecule has 5 nitrogen and oxygen atoms in total. The van der Waals surface area contributed by atoms with Crippen LogP contribution in [0.2, 0.25) is 0 Å². The quantitative estimate of drug-likeness (QED) is 0.808. The number of rotatable bonds is 4. The number of hydrogen-bond acceptors (Lipinski definition) is 4. The molecule has 138 valence electrons. The van der Waals surface area contributed by atoms with Crippen molar-refractivity contribution in [1.82, 2.24) is 10.9 Å². The second-order valence-corrected chi connectivity index (χ2v) is 7.64. The van der Waals surface area contributed by atoms with Crippen molar-refractivity contribution >= 4 is 23.2 Å². The van der Waals surface area contributed by atoms with Crippen LogP contribution in [0.3, 0.4) is 0 Å². The molecule has 0 aliphatic heterocycles. The summed E-state index contributed by atoms with van der Waals surface area (Å²) in [6.45, 7) is 0. The molecule has 6 heteroatoms. The zero-order chi connectivity index (χ0) is 18.4. The number of hydrazine groups is 1. The van der Waals surface area contributed by atoms with Gasteiger partial charge in [0.15, 0.2) is 0 Å². The van der Waals surface area contributed by atoms with Crippen molar-refractivity contribution in [3.05, 3.63) is 51.2 Å². The first-order chi connectivity index (χ1) is 12.7. The Morgan fingerprint density at radius 1 is 1.04 bits per heavy atom. The minimum absolute atomic E-state index is 0.200. The summed E-state index contributed by atoms with van der Waals surface area (Å²) in [6, 6.07) is 9.26. The molecule has 0 spiro atoms. The zero-order valence-corrected chi connectivity index (χ0v) is 15.8. The monoisotopic (exact) mass is 372 g/mol. The molecule has 1 aromatic heterocycles. The molecule has 0 saturated carbocycles. The number of carbonyl (C=O) groups is 2. The summed E-state index contributed by atoms with van der Waals surface area (Å²) in [5.41, 5.74) is 7.18. The van der Waals surface area contributed by atoms with Crippen LogP contribution in [0, 0.1) is 0 Å². The first kappa shape index (κ1) is 18.5. The molecule has 26 heavy (non-hydrogen) atoms. The number of thiophene rings is 1. The molecular formula is C20H24N2O3S. The van der Waals surface area contributed by atoms with Crippen molar-refractivity contribution in [3.63, 3.8) is 0 Å². The molecule has 0 unspecified atom stereocenters. The van der Waals surface area contributed by atoms with E-state index in [-0.39, 0.29) is 18.2 Å². The van der Waals surface area contributed by atoms with Gasteiger partial charge in [0.05, 0.1) is 18.4 Å². The highest BCUT2D eigenvalue weighted by atomic mass is 32.1. The summed E-state index contributed by atoms with van der Waals surface area (Å²) in [6.07, 6.45) is 7.19. The van der Waals surface area contributed by atoms with Crippen molar-refractivity contribution < 1.29 is 14.3 Å². The van der Waals surface area contributed by atoms with Crippen LogP contribution >= 0.6 is 11.3 Å². The molecule has 1 heterocycles. The lowest BCUT2D eigenvalue weighted by molar-refractivity contribution is -0.121. The molecule has 1 aliphatic rings. The second kappa shape index (κ2) is 8.85. The Morgan fingerprint density at radius 3 is 2.50 bits per heavy atom. The number of carbonyl (C=O) groups excluding carboxylic acids is 2. The minimum Gasteiger partial charge on any atom is -0.497 e. The van der Waals surface area contributed by atoms with Gasteiger partial charge in [-0.2, -0.15) is 0 Å². The van der Waals surface area contributed by atoms with E-state index in [4.69, 9.17) is 4.74 Å². The molecular weight excluding hydrogens is 348 g/mol. The van der Waals surface area contributed by atoms with E-state index >= 15 is 0 Å². The predicted octanol–water partition coefficient (Wildman–Crippen LogP) is 3.42. The van der Waals surface area contributed by atoms with Crippen LogP contribution in [0.25, 0.3) is 0 Å². The number of ether oxygens (including phenoxy) is 1. The third kappa shape index (κ3) is 4.85. The fraction of sp³-hybridized carbons (Fsp3) is 0.400. The van der Waals surface area contributed by atoms with E-state index in [2.05, 4.69) is 10.9 Å². The summed E-state index contributed by atoms with van der Waals surface area (Å²) in [5, 5.41) is 0. The highest BCUT2D eigenvalue weighted by molar-refractivity contribution is 7.14. The molecule has 0 bridgehead atoms. The normalized spacial score (nSPS) is 13.9. The van der Waals surface area contributed by atoms with E-state index in [0.717, 1.165) is 24.2 Å². The minimum atomic E-state index is -0.251. The van der Waals surface area contributed by atoms with E-state index in [1.807, 2.05) is 30.3 Å². The molecule has 2 aromatic rings. The van der Waals surface area contributed by atoms with Crippen LogP contribution in [0.5, 0.6) is 5.75 Å². The largest absolute Gasteiger partial charge is 0.497 e. The van der Waals surface area contributed by atoms with E-state index in [1.165, 1.54) is 36.1 Å². The van der Waals surface area contributed by atoms with E-state index in [1.54, 1.807) is 18.4 Å². The zero-order valence-electron chi connectivity index (χ0n) is 15.0. The fourth-order valence-electron chi connectivity index (χ4n) is 3.12. The van der Waals surface area contributed by atoms with Gasteiger partial charge in [0.2, 0.25) is 5.91 Å². The summed E-state index contributed by atoms with van der Waals surface area (Å²) in [7, 11) is 1.60. The molecule has 1 aliphatic carbocycles. The van der Waals surface area contributed by atoms with Crippen molar-refractivity contribution in [2.75, 3.05) is 7.11 Å². The fourth-order valence-corrected chi connectivity index (χ4v) is 4.27. The summed E-state index contributed by atoms with van der Waals surface area (Å²) in [5.74, 6) is 0.249. The summed E-state index contributed by atoms with van der Waals surface area (Å²) < 4.78 is 5.10. The van der Waals surface area contributed by atoms with E-state index in [9.17, 15) is 9.59 Å². The van der Waals surface area contributed by atoms with Crippen LogP contribution < -0.4 is 15.6 Å². The SMILES string of the molecule is COc1ccc(CC(=O)NNC(=O)c2cc3c(s2)CCCCCC3)cc1. The number of nitrogens with one attached hydrogen (secondary N) is 2. The first-order valence-electron chi connectivity index (χ1n) is 8.99. The highest BCUT2D eigenvalue weighted by Crippen LogP contribution is 2.28. The van der Waals surface area contributed by atoms with Crippen molar-refractivity contribution in [1.29, 1.82) is 0 Å². The lowest BCUT2D eigenvalue weighted by Crippen LogP contribution is -2.42. The molecule has 2 amide bonds. The number of hydrogen-bond donors (Lipinski definition) is 2. The van der Waals surface area contributed by atoms with Gasteiger partial charge < -0.3 is 4.74 Å². The molecule has 0 radical (unpaired) electrons. The smallest absolute Gasteiger partial charge is 0.279 e. The number of fused-ring (bicyclic) bond motifs is 1. The number of methoxy groups -OCH3 is 1. The van der Waals surface area contributed by atoms with Crippen LogP contribution in [0.1, 0.15) is 51.4 Å². The van der Waals surface area contributed by atoms with Crippen LogP contribution in [0.4, 0.5) is 0 Å². The number of aryl methyl sites for hydroxylation is 2. The van der Waals surface area contributed by atoms with Gasteiger partial charge in [-0.1, -0.05) is 25.0 Å². The predicted molar refractivity (Wildman–Crippen MR) is 103 cm³/mol. The standard InChI is InChI=1S/C20H24N2O3S/c1-25-16-10-8-14(9-11-16)12-19(23)21-22-20(24)18-13-15-6-4-2-3-5-7-17(15)26-18/h8-11,13H,2-7,12H2,1H3,(H,21,23)(H,22,24). The number of amides is 2. The van der Waals surface area contributed by atoms with Crippen LogP contribution in [-0.4, -0.2) is 18.9 Å². The average Bonchev–Trinajstić information content (AvgIpc) is 3.02. The molecule has 3 rings (SSSR count). The topological polar surface area (TPSA) is 67.4 Å². The van der Waals surface area contributed by atoms with E-state index in [0.29, 0.717) is 4.88 Å². The van der Waals surface area contributed by atoms with Crippen LogP contribution in [-0.2, 0) is 24.1 Å². The van der Waals surface area contributed by atoms with Crippen LogP contribution in [0.15, 0.2) is 30.3 Å². The van der Waals surface area contributed by atoms with Gasteiger partial charge in [-0.05, 0) is 55.0 Å². The second-order valence-electron chi connectivity index (χ2n) is 6.50. The Bertz CT molecular complexity index is 742. The maximum atomic E-state index is 12.3. The highest BCUT2D eigenvalue weighted by Gasteiger charge is 2.16. The molecule has 0 saturated heterocycles. The maximum Gasteiger partial charge on any atom is 0.279 e. The van der Waals surface area contributed by atoms with Gasteiger partial charge in [-0.15, -0.1) is 11.3 Å². The Labute approximate surface area is 157 Å². The lowest BCUT2D eigenvalue weighted by Gasteiger charge is -2.07. The maximum absolute atomic E-state index is 12.3. The Hall–Kier alpha value is -2.34. The average molecular weight is 372 g/mol.